The maximum absolute atomic E-state index is 11.4. The van der Waals surface area contributed by atoms with E-state index in [1.807, 2.05) is 26.0 Å². The Morgan fingerprint density at radius 3 is 2.43 bits per heavy atom. The van der Waals surface area contributed by atoms with Crippen molar-refractivity contribution < 1.29 is 4.79 Å². The number of Topliss-reactive ketones (excluding diaryl/α,β-unsaturated/α-hetero) is 1. The summed E-state index contributed by atoms with van der Waals surface area (Å²) >= 11 is 3.45. The van der Waals surface area contributed by atoms with Crippen LogP contribution in [0.15, 0.2) is 28.7 Å². The molecule has 0 amide bonds. The molecule has 1 aromatic rings. The van der Waals surface area contributed by atoms with Crippen LogP contribution in [0.5, 0.6) is 0 Å². The van der Waals surface area contributed by atoms with Gasteiger partial charge in [-0.2, -0.15) is 0 Å². The molecule has 74 valence electrons. The molecule has 14 heavy (non-hydrogen) atoms. The second-order valence-corrected chi connectivity index (χ2v) is 4.98. The average molecular weight is 253 g/mol. The lowest BCUT2D eigenvalue weighted by Gasteiger charge is -2.39. The van der Waals surface area contributed by atoms with Crippen molar-refractivity contribution in [3.63, 3.8) is 0 Å². The quantitative estimate of drug-likeness (QED) is 0.749. The van der Waals surface area contributed by atoms with E-state index in [1.54, 1.807) is 0 Å². The van der Waals surface area contributed by atoms with Crippen molar-refractivity contribution >= 4 is 21.7 Å². The molecule has 0 aliphatic heterocycles. The van der Waals surface area contributed by atoms with Gasteiger partial charge in [0, 0.05) is 22.2 Å². The van der Waals surface area contributed by atoms with E-state index >= 15 is 0 Å². The van der Waals surface area contributed by atoms with Gasteiger partial charge in [-0.3, -0.25) is 4.79 Å². The number of hydrogen-bond donors (Lipinski definition) is 0. The predicted octanol–water partition coefficient (Wildman–Crippen LogP) is 3.39. The summed E-state index contributed by atoms with van der Waals surface area (Å²) in [6.07, 6.45) is 0. The fourth-order valence-corrected chi connectivity index (χ4v) is 2.79. The fraction of sp³-hybridized carbons (Fsp3) is 0.417. The third-order valence-electron chi connectivity index (χ3n) is 3.21. The van der Waals surface area contributed by atoms with E-state index in [-0.39, 0.29) is 11.8 Å². The molecule has 0 N–H and O–H groups in total. The van der Waals surface area contributed by atoms with Crippen molar-refractivity contribution in [1.29, 1.82) is 0 Å². The molecule has 0 bridgehead atoms. The van der Waals surface area contributed by atoms with Crippen LogP contribution in [-0.2, 0) is 4.79 Å². The Hall–Kier alpha value is -0.630. The highest BCUT2D eigenvalue weighted by Crippen LogP contribution is 2.44. The number of carbonyl (C=O) groups excluding carboxylic acids is 1. The Labute approximate surface area is 92.6 Å². The second kappa shape index (κ2) is 3.50. The number of hydrogen-bond acceptors (Lipinski definition) is 1. The van der Waals surface area contributed by atoms with Gasteiger partial charge in [-0.15, -0.1) is 0 Å². The molecular formula is C12H13BrO. The van der Waals surface area contributed by atoms with Crippen LogP contribution in [0.25, 0.3) is 0 Å². The summed E-state index contributed by atoms with van der Waals surface area (Å²) in [5, 5.41) is 0. The zero-order chi connectivity index (χ0) is 10.3. The molecule has 0 spiro atoms. The zero-order valence-corrected chi connectivity index (χ0v) is 9.91. The van der Waals surface area contributed by atoms with Gasteiger partial charge in [0.25, 0.3) is 0 Å². The van der Waals surface area contributed by atoms with Crippen molar-refractivity contribution in [1.82, 2.24) is 0 Å². The Balaban J connectivity index is 2.28. The molecule has 1 nitrogen and oxygen atoms in total. The van der Waals surface area contributed by atoms with E-state index in [2.05, 4.69) is 28.1 Å². The van der Waals surface area contributed by atoms with Crippen LogP contribution in [0.2, 0.25) is 0 Å². The third kappa shape index (κ3) is 1.42. The highest BCUT2D eigenvalue weighted by molar-refractivity contribution is 9.10. The minimum atomic E-state index is 0.194. The standard InChI is InChI=1S/C12H13BrO/c1-7-11(8(2)12(7)14)9-4-3-5-10(13)6-9/h3-8,11H,1-2H3. The topological polar surface area (TPSA) is 17.1 Å². The summed E-state index contributed by atoms with van der Waals surface area (Å²) in [6.45, 7) is 4.04. The van der Waals surface area contributed by atoms with Gasteiger partial charge in [0.2, 0.25) is 0 Å². The summed E-state index contributed by atoms with van der Waals surface area (Å²) < 4.78 is 1.09. The van der Waals surface area contributed by atoms with Crippen LogP contribution in [0.1, 0.15) is 25.3 Å². The fourth-order valence-electron chi connectivity index (χ4n) is 2.37. The van der Waals surface area contributed by atoms with Crippen molar-refractivity contribution in [2.24, 2.45) is 11.8 Å². The highest BCUT2D eigenvalue weighted by atomic mass is 79.9. The molecule has 2 atom stereocenters. The first kappa shape index (κ1) is 9.91. The highest BCUT2D eigenvalue weighted by Gasteiger charge is 2.44. The van der Waals surface area contributed by atoms with Gasteiger partial charge < -0.3 is 0 Å². The second-order valence-electron chi connectivity index (χ2n) is 4.06. The van der Waals surface area contributed by atoms with E-state index in [1.165, 1.54) is 5.56 Å². The maximum Gasteiger partial charge on any atom is 0.139 e. The van der Waals surface area contributed by atoms with Gasteiger partial charge in [-0.05, 0) is 17.7 Å². The van der Waals surface area contributed by atoms with Crippen LogP contribution in [-0.4, -0.2) is 5.78 Å². The van der Waals surface area contributed by atoms with Gasteiger partial charge in [0.15, 0.2) is 0 Å². The van der Waals surface area contributed by atoms with Crippen LogP contribution >= 0.6 is 15.9 Å². The van der Waals surface area contributed by atoms with Gasteiger partial charge in [-0.25, -0.2) is 0 Å². The van der Waals surface area contributed by atoms with Crippen LogP contribution < -0.4 is 0 Å². The Bertz CT molecular complexity index is 360. The lowest BCUT2D eigenvalue weighted by atomic mass is 9.62. The van der Waals surface area contributed by atoms with Gasteiger partial charge in [0.05, 0.1) is 0 Å². The van der Waals surface area contributed by atoms with Crippen molar-refractivity contribution in [3.05, 3.63) is 34.3 Å². The van der Waals surface area contributed by atoms with E-state index in [0.29, 0.717) is 11.7 Å². The molecule has 1 aromatic carbocycles. The van der Waals surface area contributed by atoms with Crippen LogP contribution in [0.3, 0.4) is 0 Å². The first-order chi connectivity index (χ1) is 6.61. The van der Waals surface area contributed by atoms with E-state index < -0.39 is 0 Å². The molecule has 0 heterocycles. The molecule has 1 fully saturated rings. The molecule has 1 saturated carbocycles. The zero-order valence-electron chi connectivity index (χ0n) is 8.33. The molecule has 0 radical (unpaired) electrons. The number of benzene rings is 1. The van der Waals surface area contributed by atoms with Crippen molar-refractivity contribution in [3.8, 4) is 0 Å². The number of halogens is 1. The van der Waals surface area contributed by atoms with Gasteiger partial charge >= 0.3 is 0 Å². The minimum Gasteiger partial charge on any atom is -0.299 e. The number of rotatable bonds is 1. The van der Waals surface area contributed by atoms with Gasteiger partial charge in [0.1, 0.15) is 5.78 Å². The van der Waals surface area contributed by atoms with Crippen LogP contribution in [0, 0.1) is 11.8 Å². The Morgan fingerprint density at radius 2 is 1.86 bits per heavy atom. The monoisotopic (exact) mass is 252 g/mol. The molecule has 1 aliphatic rings. The molecule has 0 saturated heterocycles. The lowest BCUT2D eigenvalue weighted by molar-refractivity contribution is -0.136. The van der Waals surface area contributed by atoms with Crippen molar-refractivity contribution in [2.75, 3.05) is 0 Å². The molecule has 1 aliphatic carbocycles. The molecule has 2 heteroatoms. The summed E-state index contributed by atoms with van der Waals surface area (Å²) in [5.41, 5.74) is 1.28. The maximum atomic E-state index is 11.4. The number of ketones is 1. The molecule has 0 aromatic heterocycles. The summed E-state index contributed by atoms with van der Waals surface area (Å²) in [5.74, 6) is 1.20. The average Bonchev–Trinajstić information content (AvgIpc) is 2.18. The molecular weight excluding hydrogens is 240 g/mol. The summed E-state index contributed by atoms with van der Waals surface area (Å²) in [6, 6.07) is 8.26. The SMILES string of the molecule is CC1C(=O)C(C)C1c1cccc(Br)c1. The van der Waals surface area contributed by atoms with E-state index in [0.717, 1.165) is 4.47 Å². The third-order valence-corrected chi connectivity index (χ3v) is 3.70. The molecule has 2 unspecified atom stereocenters. The predicted molar refractivity (Wildman–Crippen MR) is 60.2 cm³/mol. The van der Waals surface area contributed by atoms with Crippen LogP contribution in [0.4, 0.5) is 0 Å². The van der Waals surface area contributed by atoms with E-state index in [9.17, 15) is 4.79 Å². The van der Waals surface area contributed by atoms with E-state index in [4.69, 9.17) is 0 Å². The number of carbonyl (C=O) groups is 1. The summed E-state index contributed by atoms with van der Waals surface area (Å²) in [7, 11) is 0. The summed E-state index contributed by atoms with van der Waals surface area (Å²) in [4.78, 5) is 11.4. The smallest absolute Gasteiger partial charge is 0.139 e. The Morgan fingerprint density at radius 1 is 1.21 bits per heavy atom. The first-order valence-electron chi connectivity index (χ1n) is 4.90. The largest absolute Gasteiger partial charge is 0.299 e. The molecule has 2 rings (SSSR count). The minimum absolute atomic E-state index is 0.194. The first-order valence-corrected chi connectivity index (χ1v) is 5.69. The Kier molecular flexibility index (Phi) is 2.48. The van der Waals surface area contributed by atoms with Gasteiger partial charge in [-0.1, -0.05) is 41.9 Å². The van der Waals surface area contributed by atoms with Crippen molar-refractivity contribution in [2.45, 2.75) is 19.8 Å². The normalized spacial score (nSPS) is 31.4. The lowest BCUT2D eigenvalue weighted by Crippen LogP contribution is -2.42.